The second kappa shape index (κ2) is 8.88. The molecule has 3 aromatic carbocycles. The minimum Gasteiger partial charge on any atom is -0.361 e. The van der Waals surface area contributed by atoms with E-state index < -0.39 is 0 Å². The van der Waals surface area contributed by atoms with Crippen LogP contribution in [0.5, 0.6) is 0 Å². The van der Waals surface area contributed by atoms with Crippen molar-refractivity contribution in [3.8, 4) is 11.3 Å². The van der Waals surface area contributed by atoms with Crippen LogP contribution < -0.4 is 4.80 Å². The Morgan fingerprint density at radius 1 is 1.03 bits per heavy atom. The highest BCUT2D eigenvalue weighted by Crippen LogP contribution is 2.25. The summed E-state index contributed by atoms with van der Waals surface area (Å²) in [5.74, 6) is 0. The van der Waals surface area contributed by atoms with Crippen LogP contribution in [0.2, 0.25) is 0 Å². The molecule has 5 rings (SSSR count). The number of aromatic nitrogens is 2. The lowest BCUT2D eigenvalue weighted by molar-refractivity contribution is -0.384. The summed E-state index contributed by atoms with van der Waals surface area (Å²) in [6.45, 7) is 2.80. The highest BCUT2D eigenvalue weighted by atomic mass is 32.1. The third kappa shape index (κ3) is 4.36. The first kappa shape index (κ1) is 20.9. The van der Waals surface area contributed by atoms with Crippen LogP contribution in [-0.2, 0) is 13.0 Å². The van der Waals surface area contributed by atoms with E-state index in [-0.39, 0.29) is 10.6 Å². The van der Waals surface area contributed by atoms with E-state index in [1.54, 1.807) is 35.6 Å². The SMILES string of the molecule is Cc1ccc(N=c2scc(-c3ccc([N+](=O)[O-])cc3)n2CCc2c[nH]c3ccccc23)cc1. The molecular weight excluding hydrogens is 432 g/mol. The van der Waals surface area contributed by atoms with Gasteiger partial charge in [-0.05, 0) is 54.8 Å². The number of rotatable bonds is 6. The van der Waals surface area contributed by atoms with Crippen LogP contribution in [0.1, 0.15) is 11.1 Å². The summed E-state index contributed by atoms with van der Waals surface area (Å²) in [4.78, 5) is 19.8. The van der Waals surface area contributed by atoms with Gasteiger partial charge in [0.05, 0.1) is 16.3 Å². The Balaban J connectivity index is 1.55. The lowest BCUT2D eigenvalue weighted by atomic mass is 10.1. The fourth-order valence-electron chi connectivity index (χ4n) is 3.92. The molecule has 0 unspecified atom stereocenters. The van der Waals surface area contributed by atoms with Gasteiger partial charge in [0.25, 0.3) is 5.69 Å². The molecule has 164 valence electrons. The molecule has 0 aliphatic carbocycles. The lowest BCUT2D eigenvalue weighted by Gasteiger charge is -2.09. The van der Waals surface area contributed by atoms with Gasteiger partial charge in [-0.25, -0.2) is 4.99 Å². The predicted molar refractivity (Wildman–Crippen MR) is 133 cm³/mol. The molecule has 5 aromatic rings. The van der Waals surface area contributed by atoms with Gasteiger partial charge in [-0.2, -0.15) is 0 Å². The van der Waals surface area contributed by atoms with Crippen LogP contribution >= 0.6 is 11.3 Å². The molecule has 0 bridgehead atoms. The summed E-state index contributed by atoms with van der Waals surface area (Å²) in [7, 11) is 0. The number of non-ortho nitro benzene ring substituents is 1. The van der Waals surface area contributed by atoms with Gasteiger partial charge in [-0.1, -0.05) is 35.9 Å². The van der Waals surface area contributed by atoms with Gasteiger partial charge in [-0.15, -0.1) is 11.3 Å². The number of nitrogens with zero attached hydrogens (tertiary/aromatic N) is 3. The Kier molecular flexibility index (Phi) is 5.62. The normalized spacial score (nSPS) is 11.8. The van der Waals surface area contributed by atoms with Crippen molar-refractivity contribution < 1.29 is 4.92 Å². The number of nitrogens with one attached hydrogen (secondary N) is 1. The number of hydrogen-bond donors (Lipinski definition) is 1. The molecule has 0 saturated carbocycles. The monoisotopic (exact) mass is 454 g/mol. The molecule has 0 aliphatic rings. The van der Waals surface area contributed by atoms with Gasteiger partial charge in [0.15, 0.2) is 4.80 Å². The summed E-state index contributed by atoms with van der Waals surface area (Å²) in [5.41, 5.74) is 6.49. The number of aromatic amines is 1. The summed E-state index contributed by atoms with van der Waals surface area (Å²) < 4.78 is 2.20. The Bertz CT molecular complexity index is 1490. The van der Waals surface area contributed by atoms with E-state index in [1.165, 1.54) is 16.5 Å². The van der Waals surface area contributed by atoms with Crippen molar-refractivity contribution >= 4 is 33.6 Å². The number of fused-ring (bicyclic) bond motifs is 1. The average molecular weight is 455 g/mol. The van der Waals surface area contributed by atoms with E-state index in [4.69, 9.17) is 4.99 Å². The number of thiazole rings is 1. The standard InChI is InChI=1S/C26H22N4O2S/c1-18-6-10-21(11-7-18)28-26-29(15-14-20-16-27-24-5-3-2-4-23(20)24)25(17-33-26)19-8-12-22(13-9-19)30(31)32/h2-13,16-17,27H,14-15H2,1H3. The summed E-state index contributed by atoms with van der Waals surface area (Å²) >= 11 is 1.58. The van der Waals surface area contributed by atoms with E-state index in [9.17, 15) is 10.1 Å². The van der Waals surface area contributed by atoms with Gasteiger partial charge < -0.3 is 9.55 Å². The number of nitro benzene ring substituents is 1. The molecule has 2 aromatic heterocycles. The topological polar surface area (TPSA) is 76.2 Å². The van der Waals surface area contributed by atoms with Crippen LogP contribution in [0.15, 0.2) is 89.4 Å². The maximum Gasteiger partial charge on any atom is 0.269 e. The molecule has 0 radical (unpaired) electrons. The second-order valence-corrected chi connectivity index (χ2v) is 8.75. The molecular formula is C26H22N4O2S. The van der Waals surface area contributed by atoms with E-state index in [0.717, 1.165) is 40.2 Å². The van der Waals surface area contributed by atoms with Gasteiger partial charge in [0.1, 0.15) is 0 Å². The van der Waals surface area contributed by atoms with Crippen LogP contribution in [0.3, 0.4) is 0 Å². The zero-order valence-corrected chi connectivity index (χ0v) is 18.9. The Morgan fingerprint density at radius 2 is 1.79 bits per heavy atom. The van der Waals surface area contributed by atoms with Gasteiger partial charge >= 0.3 is 0 Å². The number of benzene rings is 3. The Hall–Kier alpha value is -3.97. The average Bonchev–Trinajstić information content (AvgIpc) is 3.43. The molecule has 6 nitrogen and oxygen atoms in total. The van der Waals surface area contributed by atoms with Crippen molar-refractivity contribution in [2.75, 3.05) is 0 Å². The fourth-order valence-corrected chi connectivity index (χ4v) is 4.88. The molecule has 0 aliphatic heterocycles. The summed E-state index contributed by atoms with van der Waals surface area (Å²) in [5, 5.41) is 14.4. The molecule has 0 saturated heterocycles. The van der Waals surface area contributed by atoms with Crippen molar-refractivity contribution in [2.45, 2.75) is 19.9 Å². The number of H-pyrrole nitrogens is 1. The molecule has 0 spiro atoms. The second-order valence-electron chi connectivity index (χ2n) is 7.92. The zero-order valence-electron chi connectivity index (χ0n) is 18.1. The first-order valence-corrected chi connectivity index (χ1v) is 11.6. The van der Waals surface area contributed by atoms with Gasteiger partial charge in [0, 0.05) is 41.2 Å². The van der Waals surface area contributed by atoms with E-state index in [1.807, 2.05) is 18.2 Å². The summed E-state index contributed by atoms with van der Waals surface area (Å²) in [6, 6.07) is 23.2. The fraction of sp³-hybridized carbons (Fsp3) is 0.115. The third-order valence-electron chi connectivity index (χ3n) is 5.71. The Labute approximate surface area is 194 Å². The predicted octanol–water partition coefficient (Wildman–Crippen LogP) is 6.39. The maximum absolute atomic E-state index is 11.1. The molecule has 2 heterocycles. The quantitative estimate of drug-likeness (QED) is 0.238. The van der Waals surface area contributed by atoms with Crippen LogP contribution in [-0.4, -0.2) is 14.5 Å². The molecule has 0 amide bonds. The zero-order chi connectivity index (χ0) is 22.8. The van der Waals surface area contributed by atoms with Crippen LogP contribution in [0.25, 0.3) is 22.2 Å². The van der Waals surface area contributed by atoms with Crippen LogP contribution in [0.4, 0.5) is 11.4 Å². The lowest BCUT2D eigenvalue weighted by Crippen LogP contribution is -2.17. The van der Waals surface area contributed by atoms with E-state index >= 15 is 0 Å². The van der Waals surface area contributed by atoms with Crippen molar-refractivity contribution in [1.29, 1.82) is 0 Å². The minimum absolute atomic E-state index is 0.0869. The smallest absolute Gasteiger partial charge is 0.269 e. The molecule has 0 atom stereocenters. The Morgan fingerprint density at radius 3 is 2.55 bits per heavy atom. The number of para-hydroxylation sites is 1. The largest absolute Gasteiger partial charge is 0.361 e. The van der Waals surface area contributed by atoms with Crippen LogP contribution in [0, 0.1) is 17.0 Å². The van der Waals surface area contributed by atoms with E-state index in [2.05, 4.69) is 58.4 Å². The maximum atomic E-state index is 11.1. The van der Waals surface area contributed by atoms with Crippen molar-refractivity contribution in [2.24, 2.45) is 4.99 Å². The molecule has 33 heavy (non-hydrogen) atoms. The summed E-state index contributed by atoms with van der Waals surface area (Å²) in [6.07, 6.45) is 2.90. The van der Waals surface area contributed by atoms with Gasteiger partial charge in [0.2, 0.25) is 0 Å². The molecule has 1 N–H and O–H groups in total. The van der Waals surface area contributed by atoms with Crippen molar-refractivity contribution in [3.63, 3.8) is 0 Å². The van der Waals surface area contributed by atoms with E-state index in [0.29, 0.717) is 0 Å². The van der Waals surface area contributed by atoms with Crippen molar-refractivity contribution in [3.05, 3.63) is 110 Å². The third-order valence-corrected chi connectivity index (χ3v) is 6.57. The number of nitro groups is 1. The molecule has 0 fully saturated rings. The highest BCUT2D eigenvalue weighted by Gasteiger charge is 2.12. The molecule has 7 heteroatoms. The number of aryl methyl sites for hydroxylation is 2. The highest BCUT2D eigenvalue weighted by molar-refractivity contribution is 7.07. The van der Waals surface area contributed by atoms with Gasteiger partial charge in [-0.3, -0.25) is 10.1 Å². The first-order valence-electron chi connectivity index (χ1n) is 10.7. The van der Waals surface area contributed by atoms with Crippen molar-refractivity contribution in [1.82, 2.24) is 9.55 Å². The number of hydrogen-bond acceptors (Lipinski definition) is 4. The minimum atomic E-state index is -0.374. The first-order chi connectivity index (χ1) is 16.1.